The number of nitrogens with one attached hydrogen (secondary N) is 1. The number of carbonyl (C=O) groups excluding carboxylic acids is 1. The number of ether oxygens (including phenoxy) is 1. The van der Waals surface area contributed by atoms with Gasteiger partial charge in [0, 0.05) is 11.1 Å². The summed E-state index contributed by atoms with van der Waals surface area (Å²) in [5, 5.41) is 11.0. The number of carbonyl (C=O) groups is 1. The SMILES string of the molecule is COc1ccc(-c2nnc(SCC(=O)NCC#Cc3ccccc3)o2)cc1. The quantitative estimate of drug-likeness (QED) is 0.524. The van der Waals surface area contributed by atoms with Gasteiger partial charge in [0.05, 0.1) is 19.4 Å². The third-order valence-corrected chi connectivity index (χ3v) is 4.27. The fourth-order valence-corrected chi connectivity index (χ4v) is 2.70. The minimum atomic E-state index is -0.147. The summed E-state index contributed by atoms with van der Waals surface area (Å²) < 4.78 is 10.7. The highest BCUT2D eigenvalue weighted by molar-refractivity contribution is 7.99. The summed E-state index contributed by atoms with van der Waals surface area (Å²) in [6.07, 6.45) is 0. The second-order valence-corrected chi connectivity index (χ2v) is 6.26. The van der Waals surface area contributed by atoms with Crippen molar-refractivity contribution in [3.8, 4) is 29.0 Å². The lowest BCUT2D eigenvalue weighted by Gasteiger charge is -1.99. The molecule has 0 radical (unpaired) electrons. The van der Waals surface area contributed by atoms with E-state index >= 15 is 0 Å². The highest BCUT2D eigenvalue weighted by atomic mass is 32.2. The lowest BCUT2D eigenvalue weighted by molar-refractivity contribution is -0.118. The average molecular weight is 379 g/mol. The lowest BCUT2D eigenvalue weighted by atomic mass is 10.2. The van der Waals surface area contributed by atoms with E-state index in [-0.39, 0.29) is 18.2 Å². The maximum Gasteiger partial charge on any atom is 0.277 e. The van der Waals surface area contributed by atoms with E-state index < -0.39 is 0 Å². The zero-order valence-electron chi connectivity index (χ0n) is 14.6. The van der Waals surface area contributed by atoms with Gasteiger partial charge in [-0.15, -0.1) is 10.2 Å². The van der Waals surface area contributed by atoms with E-state index in [4.69, 9.17) is 9.15 Å². The molecule has 0 aliphatic rings. The van der Waals surface area contributed by atoms with Crippen LogP contribution in [-0.2, 0) is 4.79 Å². The van der Waals surface area contributed by atoms with E-state index in [0.29, 0.717) is 11.1 Å². The number of amides is 1. The smallest absolute Gasteiger partial charge is 0.277 e. The van der Waals surface area contributed by atoms with Gasteiger partial charge in [-0.2, -0.15) is 0 Å². The molecule has 3 rings (SSSR count). The Morgan fingerprint density at radius 3 is 2.67 bits per heavy atom. The van der Waals surface area contributed by atoms with Crippen molar-refractivity contribution < 1.29 is 13.9 Å². The number of benzene rings is 2. The van der Waals surface area contributed by atoms with E-state index in [1.54, 1.807) is 7.11 Å². The molecule has 27 heavy (non-hydrogen) atoms. The molecule has 2 aromatic carbocycles. The van der Waals surface area contributed by atoms with Crippen molar-refractivity contribution in [2.75, 3.05) is 19.4 Å². The average Bonchev–Trinajstić information content (AvgIpc) is 3.19. The summed E-state index contributed by atoms with van der Waals surface area (Å²) in [6, 6.07) is 16.9. The van der Waals surface area contributed by atoms with Crippen LogP contribution in [0.25, 0.3) is 11.5 Å². The Morgan fingerprint density at radius 1 is 1.15 bits per heavy atom. The third kappa shape index (κ3) is 5.62. The first-order chi connectivity index (χ1) is 13.2. The first-order valence-corrected chi connectivity index (χ1v) is 9.14. The zero-order chi connectivity index (χ0) is 18.9. The topological polar surface area (TPSA) is 77.2 Å². The number of thioether (sulfide) groups is 1. The molecule has 7 heteroatoms. The van der Waals surface area contributed by atoms with E-state index in [2.05, 4.69) is 27.4 Å². The van der Waals surface area contributed by atoms with Gasteiger partial charge in [-0.25, -0.2) is 0 Å². The number of rotatable bonds is 6. The van der Waals surface area contributed by atoms with Crippen molar-refractivity contribution in [2.24, 2.45) is 0 Å². The molecule has 1 aromatic heterocycles. The maximum absolute atomic E-state index is 11.9. The van der Waals surface area contributed by atoms with Crippen molar-refractivity contribution in [3.63, 3.8) is 0 Å². The number of nitrogens with zero attached hydrogens (tertiary/aromatic N) is 2. The van der Waals surface area contributed by atoms with Crippen LogP contribution >= 0.6 is 11.8 Å². The molecule has 136 valence electrons. The van der Waals surface area contributed by atoms with Gasteiger partial charge in [0.1, 0.15) is 5.75 Å². The third-order valence-electron chi connectivity index (χ3n) is 3.45. The second-order valence-electron chi connectivity index (χ2n) is 5.33. The van der Waals surface area contributed by atoms with Gasteiger partial charge in [0.25, 0.3) is 5.22 Å². The van der Waals surface area contributed by atoms with Crippen LogP contribution in [0, 0.1) is 11.8 Å². The normalized spacial score (nSPS) is 9.96. The highest BCUT2D eigenvalue weighted by Crippen LogP contribution is 2.24. The Morgan fingerprint density at radius 2 is 1.93 bits per heavy atom. The molecular formula is C20H17N3O3S. The van der Waals surface area contributed by atoms with Crippen LogP contribution in [0.2, 0.25) is 0 Å². The van der Waals surface area contributed by atoms with Crippen LogP contribution in [0.1, 0.15) is 5.56 Å². The monoisotopic (exact) mass is 379 g/mol. The Balaban J connectivity index is 1.45. The van der Waals surface area contributed by atoms with E-state index in [1.807, 2.05) is 54.6 Å². The van der Waals surface area contributed by atoms with Crippen LogP contribution in [0.5, 0.6) is 5.75 Å². The largest absolute Gasteiger partial charge is 0.497 e. The minimum Gasteiger partial charge on any atom is -0.497 e. The number of methoxy groups -OCH3 is 1. The molecular weight excluding hydrogens is 362 g/mol. The van der Waals surface area contributed by atoms with Crippen molar-refractivity contribution in [2.45, 2.75) is 5.22 Å². The first-order valence-electron chi connectivity index (χ1n) is 8.16. The zero-order valence-corrected chi connectivity index (χ0v) is 15.5. The minimum absolute atomic E-state index is 0.147. The molecule has 0 unspecified atom stereocenters. The van der Waals surface area contributed by atoms with Crippen molar-refractivity contribution in [1.82, 2.24) is 15.5 Å². The van der Waals surface area contributed by atoms with Gasteiger partial charge in [0.15, 0.2) is 0 Å². The fourth-order valence-electron chi connectivity index (χ4n) is 2.11. The van der Waals surface area contributed by atoms with Gasteiger partial charge >= 0.3 is 0 Å². The first kappa shape index (κ1) is 18.5. The van der Waals surface area contributed by atoms with Gasteiger partial charge < -0.3 is 14.5 Å². The number of aromatic nitrogens is 2. The molecule has 0 aliphatic heterocycles. The Kier molecular flexibility index (Phi) is 6.50. The molecule has 3 aromatic rings. The van der Waals surface area contributed by atoms with Gasteiger partial charge in [-0.05, 0) is 36.4 Å². The van der Waals surface area contributed by atoms with Crippen LogP contribution in [-0.4, -0.2) is 35.5 Å². The van der Waals surface area contributed by atoms with E-state index in [9.17, 15) is 4.79 Å². The number of hydrogen-bond acceptors (Lipinski definition) is 6. The van der Waals surface area contributed by atoms with E-state index in [1.165, 1.54) is 11.8 Å². The van der Waals surface area contributed by atoms with Crippen molar-refractivity contribution >= 4 is 17.7 Å². The highest BCUT2D eigenvalue weighted by Gasteiger charge is 2.11. The van der Waals surface area contributed by atoms with Crippen molar-refractivity contribution in [1.29, 1.82) is 0 Å². The predicted octanol–water partition coefficient (Wildman–Crippen LogP) is 3.01. The molecule has 0 fully saturated rings. The summed E-state index contributed by atoms with van der Waals surface area (Å²) in [7, 11) is 1.61. The Hall–Kier alpha value is -3.24. The maximum atomic E-state index is 11.9. The molecule has 0 bridgehead atoms. The molecule has 0 atom stereocenters. The summed E-state index contributed by atoms with van der Waals surface area (Å²) in [5.74, 6) is 7.07. The summed E-state index contributed by atoms with van der Waals surface area (Å²) in [4.78, 5) is 11.9. The molecule has 1 amide bonds. The molecule has 0 saturated carbocycles. The van der Waals surface area contributed by atoms with Gasteiger partial charge in [-0.3, -0.25) is 4.79 Å². The molecule has 0 spiro atoms. The Labute approximate surface area is 161 Å². The van der Waals surface area contributed by atoms with Crippen LogP contribution in [0.4, 0.5) is 0 Å². The Bertz CT molecular complexity index is 944. The lowest BCUT2D eigenvalue weighted by Crippen LogP contribution is -2.25. The van der Waals surface area contributed by atoms with Crippen LogP contribution in [0.3, 0.4) is 0 Å². The molecule has 6 nitrogen and oxygen atoms in total. The van der Waals surface area contributed by atoms with Gasteiger partial charge in [0.2, 0.25) is 11.8 Å². The summed E-state index contributed by atoms with van der Waals surface area (Å²) in [6.45, 7) is 0.287. The van der Waals surface area contributed by atoms with Crippen LogP contribution in [0.15, 0.2) is 64.2 Å². The van der Waals surface area contributed by atoms with E-state index in [0.717, 1.165) is 16.9 Å². The molecule has 1 heterocycles. The molecule has 0 aliphatic carbocycles. The second kappa shape index (κ2) is 9.46. The summed E-state index contributed by atoms with van der Waals surface area (Å²) in [5.41, 5.74) is 1.70. The van der Waals surface area contributed by atoms with Crippen LogP contribution < -0.4 is 10.1 Å². The standard InChI is InChI=1S/C20H17N3O3S/c1-25-17-11-9-16(10-12-17)19-22-23-20(26-19)27-14-18(24)21-13-5-8-15-6-3-2-4-7-15/h2-4,6-7,9-12H,13-14H2,1H3,(H,21,24). The van der Waals surface area contributed by atoms with Crippen molar-refractivity contribution in [3.05, 3.63) is 60.2 Å². The van der Waals surface area contributed by atoms with Gasteiger partial charge in [-0.1, -0.05) is 41.8 Å². The fraction of sp³-hybridized carbons (Fsp3) is 0.150. The molecule has 0 saturated heterocycles. The number of hydrogen-bond donors (Lipinski definition) is 1. The predicted molar refractivity (Wildman–Crippen MR) is 103 cm³/mol. The molecule has 1 N–H and O–H groups in total. The summed E-state index contributed by atoms with van der Waals surface area (Å²) >= 11 is 1.18.